The molecule has 1 fully saturated rings. The van der Waals surface area contributed by atoms with Crippen LogP contribution in [0.5, 0.6) is 11.5 Å². The van der Waals surface area contributed by atoms with E-state index in [4.69, 9.17) is 4.74 Å². The SMILES string of the molecule is O=C(NCC1CCC(Oc2ccc(F)cc2)CC1)c1ccc(O)cc1. The number of phenols is 1. The predicted octanol–water partition coefficient (Wildman–Crippen LogP) is 3.90. The largest absolute Gasteiger partial charge is 0.508 e. The van der Waals surface area contributed by atoms with E-state index in [1.54, 1.807) is 24.3 Å². The average Bonchev–Trinajstić information content (AvgIpc) is 2.63. The molecule has 1 amide bonds. The fourth-order valence-electron chi connectivity index (χ4n) is 3.11. The van der Waals surface area contributed by atoms with Crippen molar-refractivity contribution in [2.24, 2.45) is 5.92 Å². The second kappa shape index (κ2) is 8.01. The van der Waals surface area contributed by atoms with Crippen LogP contribution in [-0.2, 0) is 0 Å². The summed E-state index contributed by atoms with van der Waals surface area (Å²) in [5.41, 5.74) is 0.547. The van der Waals surface area contributed by atoms with E-state index in [0.717, 1.165) is 25.7 Å². The summed E-state index contributed by atoms with van der Waals surface area (Å²) in [6.45, 7) is 0.642. The molecule has 4 nitrogen and oxygen atoms in total. The molecule has 0 spiro atoms. The standard InChI is InChI=1S/C20H22FNO3/c21-16-5-11-19(12-6-16)25-18-9-1-14(2-10-18)13-22-20(24)15-3-7-17(23)8-4-15/h3-8,11-12,14,18,23H,1-2,9-10,13H2,(H,22,24). The Balaban J connectivity index is 1.41. The molecule has 0 aromatic heterocycles. The van der Waals surface area contributed by atoms with Gasteiger partial charge in [-0.05, 0) is 80.1 Å². The highest BCUT2D eigenvalue weighted by atomic mass is 19.1. The molecule has 0 saturated heterocycles. The second-order valence-electron chi connectivity index (χ2n) is 6.47. The molecule has 0 atom stereocenters. The van der Waals surface area contributed by atoms with Gasteiger partial charge in [0.2, 0.25) is 0 Å². The number of nitrogens with one attached hydrogen (secondary N) is 1. The number of hydrogen-bond acceptors (Lipinski definition) is 3. The van der Waals surface area contributed by atoms with E-state index in [9.17, 15) is 14.3 Å². The lowest BCUT2D eigenvalue weighted by molar-refractivity contribution is 0.0928. The topological polar surface area (TPSA) is 58.6 Å². The number of ether oxygens (including phenoxy) is 1. The van der Waals surface area contributed by atoms with E-state index in [1.165, 1.54) is 24.3 Å². The molecule has 3 rings (SSSR count). The van der Waals surface area contributed by atoms with Crippen LogP contribution in [0, 0.1) is 11.7 Å². The van der Waals surface area contributed by atoms with Crippen molar-refractivity contribution in [2.45, 2.75) is 31.8 Å². The number of benzene rings is 2. The van der Waals surface area contributed by atoms with E-state index in [0.29, 0.717) is 23.8 Å². The smallest absolute Gasteiger partial charge is 0.251 e. The number of carbonyl (C=O) groups is 1. The van der Waals surface area contributed by atoms with Crippen LogP contribution in [0.25, 0.3) is 0 Å². The molecule has 0 bridgehead atoms. The number of phenolic OH excluding ortho intramolecular Hbond substituents is 1. The lowest BCUT2D eigenvalue weighted by atomic mass is 9.87. The van der Waals surface area contributed by atoms with Crippen LogP contribution >= 0.6 is 0 Å². The molecule has 25 heavy (non-hydrogen) atoms. The van der Waals surface area contributed by atoms with Gasteiger partial charge in [-0.1, -0.05) is 0 Å². The first-order chi connectivity index (χ1) is 12.1. The fraction of sp³-hybridized carbons (Fsp3) is 0.350. The Hall–Kier alpha value is -2.56. The van der Waals surface area contributed by atoms with Gasteiger partial charge in [0.05, 0.1) is 6.10 Å². The molecule has 0 radical (unpaired) electrons. The van der Waals surface area contributed by atoms with Crippen molar-refractivity contribution in [3.8, 4) is 11.5 Å². The Morgan fingerprint density at radius 3 is 2.32 bits per heavy atom. The van der Waals surface area contributed by atoms with E-state index in [-0.39, 0.29) is 23.6 Å². The van der Waals surface area contributed by atoms with Crippen molar-refractivity contribution in [1.82, 2.24) is 5.32 Å². The number of amides is 1. The fourth-order valence-corrected chi connectivity index (χ4v) is 3.11. The number of halogens is 1. The monoisotopic (exact) mass is 343 g/mol. The summed E-state index contributed by atoms with van der Waals surface area (Å²) in [5, 5.41) is 12.2. The quantitative estimate of drug-likeness (QED) is 0.866. The molecule has 0 unspecified atom stereocenters. The lowest BCUT2D eigenvalue weighted by Crippen LogP contribution is -2.33. The van der Waals surface area contributed by atoms with Crippen molar-refractivity contribution in [3.63, 3.8) is 0 Å². The van der Waals surface area contributed by atoms with Crippen LogP contribution in [0.2, 0.25) is 0 Å². The van der Waals surface area contributed by atoms with Crippen LogP contribution in [0.4, 0.5) is 4.39 Å². The van der Waals surface area contributed by atoms with Gasteiger partial charge in [-0.2, -0.15) is 0 Å². The number of aromatic hydroxyl groups is 1. The highest BCUT2D eigenvalue weighted by Crippen LogP contribution is 2.27. The summed E-state index contributed by atoms with van der Waals surface area (Å²) >= 11 is 0. The van der Waals surface area contributed by atoms with Gasteiger partial charge in [0.15, 0.2) is 0 Å². The summed E-state index contributed by atoms with van der Waals surface area (Å²) in [5.74, 6) is 0.903. The molecule has 0 heterocycles. The van der Waals surface area contributed by atoms with Crippen molar-refractivity contribution in [2.75, 3.05) is 6.54 Å². The Bertz CT molecular complexity index is 692. The molecule has 132 valence electrons. The summed E-state index contributed by atoms with van der Waals surface area (Å²) in [4.78, 5) is 12.1. The maximum absolute atomic E-state index is 12.9. The maximum Gasteiger partial charge on any atom is 0.251 e. The van der Waals surface area contributed by atoms with Gasteiger partial charge in [0.1, 0.15) is 17.3 Å². The minimum Gasteiger partial charge on any atom is -0.508 e. The highest BCUT2D eigenvalue weighted by molar-refractivity contribution is 5.94. The molecule has 2 aromatic rings. The molecule has 5 heteroatoms. The van der Waals surface area contributed by atoms with Gasteiger partial charge in [0.25, 0.3) is 5.91 Å². The summed E-state index contributed by atoms with van der Waals surface area (Å²) in [6.07, 6.45) is 3.98. The lowest BCUT2D eigenvalue weighted by Gasteiger charge is -2.29. The number of rotatable bonds is 5. The summed E-state index contributed by atoms with van der Waals surface area (Å²) < 4.78 is 18.8. The van der Waals surface area contributed by atoms with E-state index in [1.807, 2.05) is 0 Å². The zero-order chi connectivity index (χ0) is 17.6. The van der Waals surface area contributed by atoms with E-state index >= 15 is 0 Å². The zero-order valence-corrected chi connectivity index (χ0v) is 14.0. The maximum atomic E-state index is 12.9. The molecular formula is C20H22FNO3. The minimum absolute atomic E-state index is 0.121. The Morgan fingerprint density at radius 1 is 1.04 bits per heavy atom. The summed E-state index contributed by atoms with van der Waals surface area (Å²) in [7, 11) is 0. The van der Waals surface area contributed by atoms with Crippen molar-refractivity contribution in [3.05, 3.63) is 59.9 Å². The number of hydrogen-bond donors (Lipinski definition) is 2. The van der Waals surface area contributed by atoms with Crippen LogP contribution in [0.1, 0.15) is 36.0 Å². The Morgan fingerprint density at radius 2 is 1.68 bits per heavy atom. The van der Waals surface area contributed by atoms with Crippen LogP contribution in [0.3, 0.4) is 0 Å². The van der Waals surface area contributed by atoms with Gasteiger partial charge in [-0.3, -0.25) is 4.79 Å². The van der Waals surface area contributed by atoms with Gasteiger partial charge in [-0.15, -0.1) is 0 Å². The molecule has 1 saturated carbocycles. The van der Waals surface area contributed by atoms with E-state index in [2.05, 4.69) is 5.32 Å². The van der Waals surface area contributed by atoms with Gasteiger partial charge in [-0.25, -0.2) is 4.39 Å². The average molecular weight is 343 g/mol. The predicted molar refractivity (Wildman–Crippen MR) is 93.2 cm³/mol. The first-order valence-electron chi connectivity index (χ1n) is 8.59. The first kappa shape index (κ1) is 17.3. The second-order valence-corrected chi connectivity index (χ2v) is 6.47. The normalized spacial score (nSPS) is 20.0. The third kappa shape index (κ3) is 4.95. The highest BCUT2D eigenvalue weighted by Gasteiger charge is 2.23. The van der Waals surface area contributed by atoms with Crippen LogP contribution < -0.4 is 10.1 Å². The molecule has 1 aliphatic rings. The van der Waals surface area contributed by atoms with Crippen molar-refractivity contribution < 1.29 is 19.0 Å². The number of carbonyl (C=O) groups excluding carboxylic acids is 1. The van der Waals surface area contributed by atoms with Crippen LogP contribution in [0.15, 0.2) is 48.5 Å². The molecule has 1 aliphatic carbocycles. The van der Waals surface area contributed by atoms with Crippen molar-refractivity contribution >= 4 is 5.91 Å². The van der Waals surface area contributed by atoms with Gasteiger partial charge in [0, 0.05) is 12.1 Å². The zero-order valence-electron chi connectivity index (χ0n) is 14.0. The molecule has 2 aromatic carbocycles. The van der Waals surface area contributed by atoms with Crippen molar-refractivity contribution in [1.29, 1.82) is 0 Å². The van der Waals surface area contributed by atoms with Gasteiger partial charge >= 0.3 is 0 Å². The summed E-state index contributed by atoms with van der Waals surface area (Å²) in [6, 6.07) is 12.3. The molecule has 2 N–H and O–H groups in total. The third-order valence-electron chi connectivity index (χ3n) is 4.59. The first-order valence-corrected chi connectivity index (χ1v) is 8.59. The van der Waals surface area contributed by atoms with E-state index < -0.39 is 0 Å². The van der Waals surface area contributed by atoms with Crippen LogP contribution in [-0.4, -0.2) is 23.7 Å². The minimum atomic E-state index is -0.263. The molecular weight excluding hydrogens is 321 g/mol. The van der Waals surface area contributed by atoms with Gasteiger partial charge < -0.3 is 15.2 Å². The Labute approximate surface area is 146 Å². The molecule has 0 aliphatic heterocycles. The third-order valence-corrected chi connectivity index (χ3v) is 4.59. The Kier molecular flexibility index (Phi) is 5.53.